The number of aromatic nitrogens is 3. The fourth-order valence-corrected chi connectivity index (χ4v) is 2.18. The minimum absolute atomic E-state index is 0.379. The predicted octanol–water partition coefficient (Wildman–Crippen LogP) is 2.62. The van der Waals surface area contributed by atoms with Crippen molar-refractivity contribution in [3.8, 4) is 0 Å². The van der Waals surface area contributed by atoms with Crippen molar-refractivity contribution in [1.29, 1.82) is 0 Å². The fraction of sp³-hybridized carbons (Fsp3) is 0.364. The second kappa shape index (κ2) is 5.42. The molecule has 0 saturated heterocycles. The number of thiazole rings is 1. The summed E-state index contributed by atoms with van der Waals surface area (Å²) in [7, 11) is 1.97. The first-order valence-corrected chi connectivity index (χ1v) is 6.59. The molecule has 0 spiro atoms. The van der Waals surface area contributed by atoms with Crippen LogP contribution in [0.3, 0.4) is 0 Å². The van der Waals surface area contributed by atoms with E-state index in [0.717, 1.165) is 28.8 Å². The highest BCUT2D eigenvalue weighted by molar-refractivity contribution is 7.09. The third kappa shape index (κ3) is 3.14. The monoisotopic (exact) mass is 268 g/mol. The zero-order chi connectivity index (χ0) is 12.3. The van der Waals surface area contributed by atoms with E-state index in [1.54, 1.807) is 23.7 Å². The highest BCUT2D eigenvalue weighted by Gasteiger charge is 2.07. The Labute approximate surface area is 109 Å². The molecule has 6 heteroatoms. The van der Waals surface area contributed by atoms with Crippen molar-refractivity contribution in [2.75, 3.05) is 11.9 Å². The van der Waals surface area contributed by atoms with Crippen molar-refractivity contribution in [2.45, 2.75) is 19.3 Å². The van der Waals surface area contributed by atoms with E-state index in [0.29, 0.717) is 5.88 Å². The molecule has 17 heavy (non-hydrogen) atoms. The van der Waals surface area contributed by atoms with Crippen molar-refractivity contribution in [1.82, 2.24) is 15.0 Å². The van der Waals surface area contributed by atoms with Gasteiger partial charge in [0.2, 0.25) is 0 Å². The molecule has 2 rings (SSSR count). The maximum atomic E-state index is 5.74. The van der Waals surface area contributed by atoms with Crippen LogP contribution in [0.2, 0.25) is 0 Å². The van der Waals surface area contributed by atoms with Gasteiger partial charge in [-0.3, -0.25) is 4.98 Å². The van der Waals surface area contributed by atoms with Crippen molar-refractivity contribution in [3.63, 3.8) is 0 Å². The van der Waals surface area contributed by atoms with Gasteiger partial charge >= 0.3 is 0 Å². The third-order valence-electron chi connectivity index (χ3n) is 2.27. The van der Waals surface area contributed by atoms with Gasteiger partial charge in [-0.15, -0.1) is 22.9 Å². The van der Waals surface area contributed by atoms with Crippen molar-refractivity contribution < 1.29 is 0 Å². The number of anilines is 1. The molecule has 0 aliphatic heterocycles. The van der Waals surface area contributed by atoms with Crippen LogP contribution in [0.4, 0.5) is 5.82 Å². The molecule has 0 aliphatic rings. The van der Waals surface area contributed by atoms with Gasteiger partial charge in [-0.1, -0.05) is 0 Å². The average molecular weight is 269 g/mol. The van der Waals surface area contributed by atoms with Gasteiger partial charge in [0, 0.05) is 18.6 Å². The number of alkyl halides is 1. The van der Waals surface area contributed by atoms with Gasteiger partial charge in [0.15, 0.2) is 0 Å². The topological polar surface area (TPSA) is 41.9 Å². The molecule has 2 aromatic heterocycles. The minimum atomic E-state index is 0.379. The molecule has 0 aliphatic carbocycles. The van der Waals surface area contributed by atoms with E-state index in [4.69, 9.17) is 11.6 Å². The Balaban J connectivity index is 2.11. The van der Waals surface area contributed by atoms with E-state index in [1.807, 2.05) is 18.9 Å². The van der Waals surface area contributed by atoms with Gasteiger partial charge in [0.25, 0.3) is 0 Å². The first-order chi connectivity index (χ1) is 8.19. The normalized spacial score (nSPS) is 10.5. The lowest BCUT2D eigenvalue weighted by molar-refractivity contribution is 0.857. The number of aryl methyl sites for hydroxylation is 1. The number of nitrogens with zero attached hydrogens (tertiary/aromatic N) is 4. The van der Waals surface area contributed by atoms with Crippen LogP contribution in [-0.4, -0.2) is 22.0 Å². The zero-order valence-corrected chi connectivity index (χ0v) is 11.3. The van der Waals surface area contributed by atoms with Gasteiger partial charge < -0.3 is 4.90 Å². The lowest BCUT2D eigenvalue weighted by Gasteiger charge is -2.16. The van der Waals surface area contributed by atoms with Gasteiger partial charge in [-0.05, 0) is 6.92 Å². The molecule has 0 aromatic carbocycles. The standard InChI is InChI=1S/C11H13ClN4S/c1-8-14-10(7-17-8)6-16(2)11-5-13-4-9(3-12)15-11/h4-5,7H,3,6H2,1-2H3. The van der Waals surface area contributed by atoms with Crippen LogP contribution in [0.1, 0.15) is 16.4 Å². The molecule has 90 valence electrons. The Morgan fingerprint density at radius 1 is 1.29 bits per heavy atom. The number of halogens is 1. The molecule has 2 heterocycles. The lowest BCUT2D eigenvalue weighted by Crippen LogP contribution is -2.18. The predicted molar refractivity (Wildman–Crippen MR) is 70.5 cm³/mol. The first-order valence-electron chi connectivity index (χ1n) is 5.18. The molecular formula is C11H13ClN4S. The molecule has 2 aromatic rings. The van der Waals surface area contributed by atoms with E-state index in [1.165, 1.54) is 0 Å². The zero-order valence-electron chi connectivity index (χ0n) is 9.72. The van der Waals surface area contributed by atoms with Gasteiger partial charge in [-0.2, -0.15) is 0 Å². The van der Waals surface area contributed by atoms with Crippen molar-refractivity contribution in [2.24, 2.45) is 0 Å². The molecule has 0 atom stereocenters. The number of hydrogen-bond acceptors (Lipinski definition) is 5. The molecule has 0 amide bonds. The van der Waals surface area contributed by atoms with Gasteiger partial charge in [-0.25, -0.2) is 9.97 Å². The summed E-state index contributed by atoms with van der Waals surface area (Å²) in [6, 6.07) is 0. The Morgan fingerprint density at radius 2 is 2.12 bits per heavy atom. The van der Waals surface area contributed by atoms with Crippen LogP contribution in [-0.2, 0) is 12.4 Å². The summed E-state index contributed by atoms with van der Waals surface area (Å²) in [6.45, 7) is 2.73. The maximum absolute atomic E-state index is 5.74. The molecule has 0 fully saturated rings. The highest BCUT2D eigenvalue weighted by atomic mass is 35.5. The van der Waals surface area contributed by atoms with Crippen LogP contribution in [0.25, 0.3) is 0 Å². The summed E-state index contributed by atoms with van der Waals surface area (Å²) in [5, 5.41) is 3.14. The number of hydrogen-bond donors (Lipinski definition) is 0. The van der Waals surface area contributed by atoms with E-state index in [9.17, 15) is 0 Å². The van der Waals surface area contributed by atoms with Crippen LogP contribution in [0, 0.1) is 6.92 Å². The molecule has 0 N–H and O–H groups in total. The highest BCUT2D eigenvalue weighted by Crippen LogP contribution is 2.14. The molecule has 0 saturated carbocycles. The molecule has 4 nitrogen and oxygen atoms in total. The second-order valence-corrected chi connectivity index (χ2v) is 5.05. The van der Waals surface area contributed by atoms with Crippen LogP contribution < -0.4 is 4.90 Å². The molecule has 0 bridgehead atoms. The van der Waals surface area contributed by atoms with Gasteiger partial charge in [0.1, 0.15) is 5.82 Å². The third-order valence-corrected chi connectivity index (χ3v) is 3.36. The van der Waals surface area contributed by atoms with Crippen LogP contribution in [0.5, 0.6) is 0 Å². The SMILES string of the molecule is Cc1nc(CN(C)c2cncc(CCl)n2)cs1. The molecule has 0 unspecified atom stereocenters. The van der Waals surface area contributed by atoms with Crippen LogP contribution in [0.15, 0.2) is 17.8 Å². The summed E-state index contributed by atoms with van der Waals surface area (Å²) in [5.41, 5.74) is 1.83. The lowest BCUT2D eigenvalue weighted by atomic mass is 10.4. The second-order valence-electron chi connectivity index (χ2n) is 3.72. The smallest absolute Gasteiger partial charge is 0.147 e. The molecular weight excluding hydrogens is 256 g/mol. The Kier molecular flexibility index (Phi) is 3.91. The van der Waals surface area contributed by atoms with E-state index in [-0.39, 0.29) is 0 Å². The summed E-state index contributed by atoms with van der Waals surface area (Å²) in [4.78, 5) is 15.0. The first kappa shape index (κ1) is 12.3. The Hall–Kier alpha value is -1.20. The van der Waals surface area contributed by atoms with E-state index in [2.05, 4.69) is 20.3 Å². The average Bonchev–Trinajstić information content (AvgIpc) is 2.75. The van der Waals surface area contributed by atoms with Crippen molar-refractivity contribution >= 4 is 28.8 Å². The van der Waals surface area contributed by atoms with Crippen LogP contribution >= 0.6 is 22.9 Å². The quantitative estimate of drug-likeness (QED) is 0.800. The Morgan fingerprint density at radius 3 is 2.76 bits per heavy atom. The van der Waals surface area contributed by atoms with Gasteiger partial charge in [0.05, 0.1) is 35.0 Å². The summed E-state index contributed by atoms with van der Waals surface area (Å²) >= 11 is 7.39. The van der Waals surface area contributed by atoms with Crippen molar-refractivity contribution in [3.05, 3.63) is 34.2 Å². The summed E-state index contributed by atoms with van der Waals surface area (Å²) < 4.78 is 0. The fourth-order valence-electron chi connectivity index (χ4n) is 1.45. The van der Waals surface area contributed by atoms with E-state index < -0.39 is 0 Å². The largest absolute Gasteiger partial charge is 0.352 e. The maximum Gasteiger partial charge on any atom is 0.147 e. The summed E-state index contributed by atoms with van der Waals surface area (Å²) in [6.07, 6.45) is 3.41. The Bertz CT molecular complexity index is 500. The number of rotatable bonds is 4. The summed E-state index contributed by atoms with van der Waals surface area (Å²) in [5.74, 6) is 1.19. The molecule has 0 radical (unpaired) electrons. The van der Waals surface area contributed by atoms with E-state index >= 15 is 0 Å². The minimum Gasteiger partial charge on any atom is -0.352 e.